The quantitative estimate of drug-likeness (QED) is 0.511. The van der Waals surface area contributed by atoms with E-state index in [4.69, 9.17) is 17.0 Å². The first-order valence-electron chi connectivity index (χ1n) is 11.3. The number of likely N-dealkylation sites (N-methyl/N-ethyl adjacent to an activating group) is 1. The summed E-state index contributed by atoms with van der Waals surface area (Å²) in [6.07, 6.45) is 1.81. The monoisotopic (exact) mass is 489 g/mol. The molecule has 0 atom stereocenters. The van der Waals surface area contributed by atoms with E-state index in [1.54, 1.807) is 27.2 Å². The number of hydrogen-bond donors (Lipinski definition) is 1. The lowest BCUT2D eigenvalue weighted by atomic mass is 10.1. The van der Waals surface area contributed by atoms with Gasteiger partial charge in [-0.2, -0.15) is 9.40 Å². The maximum atomic E-state index is 13.4. The van der Waals surface area contributed by atoms with Gasteiger partial charge in [-0.1, -0.05) is 25.6 Å². The number of aromatic nitrogens is 3. The molecule has 0 aliphatic carbocycles. The third-order valence-electron chi connectivity index (χ3n) is 6.04. The van der Waals surface area contributed by atoms with Crippen LogP contribution in [0.1, 0.15) is 26.0 Å². The van der Waals surface area contributed by atoms with Gasteiger partial charge in [-0.3, -0.25) is 4.68 Å². The number of benzene rings is 1. The molecule has 0 bridgehead atoms. The zero-order valence-corrected chi connectivity index (χ0v) is 21.2. The summed E-state index contributed by atoms with van der Waals surface area (Å²) in [5.74, 6) is 0.612. The average molecular weight is 490 g/mol. The van der Waals surface area contributed by atoms with Crippen molar-refractivity contribution in [3.8, 4) is 17.0 Å². The Hall–Kier alpha value is -2.27. The van der Waals surface area contributed by atoms with Gasteiger partial charge >= 0.3 is 0 Å². The van der Waals surface area contributed by atoms with Crippen LogP contribution in [-0.2, 0) is 23.5 Å². The van der Waals surface area contributed by atoms with Crippen molar-refractivity contribution in [2.24, 2.45) is 7.05 Å². The van der Waals surface area contributed by atoms with Crippen molar-refractivity contribution >= 4 is 33.1 Å². The number of nitrogens with one attached hydrogen (secondary N) is 1. The number of sulfonamides is 1. The van der Waals surface area contributed by atoms with E-state index in [0.717, 1.165) is 35.1 Å². The SMILES string of the molecule is CCCc1nn(C)c2c(=S)[nH]c(-c3cc(S(=O)(=O)N4CCN(C)CC4)ccc3OCC)cc12. The molecule has 178 valence electrons. The Morgan fingerprint density at radius 2 is 1.85 bits per heavy atom. The molecule has 1 saturated heterocycles. The topological polar surface area (TPSA) is 83.5 Å². The minimum absolute atomic E-state index is 0.255. The van der Waals surface area contributed by atoms with Crippen LogP contribution < -0.4 is 4.74 Å². The van der Waals surface area contributed by atoms with Gasteiger partial charge in [-0.15, -0.1) is 0 Å². The lowest BCUT2D eigenvalue weighted by Crippen LogP contribution is -2.47. The van der Waals surface area contributed by atoms with Crippen LogP contribution in [-0.4, -0.2) is 72.2 Å². The molecule has 0 spiro atoms. The molecular weight excluding hydrogens is 458 g/mol. The van der Waals surface area contributed by atoms with Gasteiger partial charge in [0, 0.05) is 44.2 Å². The third kappa shape index (κ3) is 4.57. The van der Waals surface area contributed by atoms with Gasteiger partial charge in [0.25, 0.3) is 0 Å². The number of piperazine rings is 1. The van der Waals surface area contributed by atoms with Crippen LogP contribution in [0, 0.1) is 4.64 Å². The lowest BCUT2D eigenvalue weighted by Gasteiger charge is -2.31. The highest BCUT2D eigenvalue weighted by molar-refractivity contribution is 7.89. The van der Waals surface area contributed by atoms with Crippen molar-refractivity contribution < 1.29 is 13.2 Å². The zero-order valence-electron chi connectivity index (χ0n) is 19.6. The smallest absolute Gasteiger partial charge is 0.243 e. The van der Waals surface area contributed by atoms with Crippen LogP contribution in [0.3, 0.4) is 0 Å². The summed E-state index contributed by atoms with van der Waals surface area (Å²) < 4.78 is 36.6. The van der Waals surface area contributed by atoms with E-state index in [-0.39, 0.29) is 4.90 Å². The number of aryl methyl sites for hydroxylation is 2. The van der Waals surface area contributed by atoms with Crippen LogP contribution >= 0.6 is 12.2 Å². The molecule has 1 aliphatic heterocycles. The minimum Gasteiger partial charge on any atom is -0.493 e. The van der Waals surface area contributed by atoms with Crippen LogP contribution in [0.25, 0.3) is 22.2 Å². The molecule has 8 nitrogen and oxygen atoms in total. The molecule has 0 radical (unpaired) electrons. The maximum absolute atomic E-state index is 13.4. The molecule has 0 amide bonds. The Labute approximate surface area is 200 Å². The Morgan fingerprint density at radius 1 is 1.12 bits per heavy atom. The average Bonchev–Trinajstić information content (AvgIpc) is 3.10. The number of fused-ring (bicyclic) bond motifs is 1. The second-order valence-electron chi connectivity index (χ2n) is 8.39. The standard InChI is InChI=1S/C23H31N5O3S2/c1-5-7-19-18-15-20(24-23(32)22(18)27(4)25-19)17-14-16(8-9-21(17)31-6-2)33(29,30)28-12-10-26(3)11-13-28/h8-9,14-15H,5-7,10-13H2,1-4H3,(H,24,32). The van der Waals surface area contributed by atoms with Crippen molar-refractivity contribution in [1.29, 1.82) is 0 Å². The molecular formula is C23H31N5O3S2. The summed E-state index contributed by atoms with van der Waals surface area (Å²) in [5.41, 5.74) is 3.25. The van der Waals surface area contributed by atoms with Crippen molar-refractivity contribution in [3.63, 3.8) is 0 Å². The highest BCUT2D eigenvalue weighted by Gasteiger charge is 2.28. The molecule has 2 aromatic heterocycles. The molecule has 0 unspecified atom stereocenters. The van der Waals surface area contributed by atoms with Crippen LogP contribution in [0.4, 0.5) is 0 Å². The Kier molecular flexibility index (Phi) is 6.90. The maximum Gasteiger partial charge on any atom is 0.243 e. The van der Waals surface area contributed by atoms with E-state index in [1.807, 2.05) is 27.1 Å². The predicted octanol–water partition coefficient (Wildman–Crippen LogP) is 3.59. The van der Waals surface area contributed by atoms with E-state index in [9.17, 15) is 8.42 Å². The fourth-order valence-electron chi connectivity index (χ4n) is 4.28. The van der Waals surface area contributed by atoms with Crippen molar-refractivity contribution in [2.45, 2.75) is 31.6 Å². The van der Waals surface area contributed by atoms with Crippen LogP contribution in [0.5, 0.6) is 5.75 Å². The largest absolute Gasteiger partial charge is 0.493 e. The van der Waals surface area contributed by atoms with Crippen LogP contribution in [0.15, 0.2) is 29.2 Å². The van der Waals surface area contributed by atoms with Gasteiger partial charge in [0.05, 0.1) is 22.9 Å². The van der Waals surface area contributed by atoms with E-state index in [1.165, 1.54) is 0 Å². The van der Waals surface area contributed by atoms with Gasteiger partial charge in [-0.05, 0) is 44.7 Å². The van der Waals surface area contributed by atoms with Gasteiger partial charge < -0.3 is 14.6 Å². The van der Waals surface area contributed by atoms with E-state index >= 15 is 0 Å². The lowest BCUT2D eigenvalue weighted by molar-refractivity contribution is 0.222. The summed E-state index contributed by atoms with van der Waals surface area (Å²) in [4.78, 5) is 5.67. The predicted molar refractivity (Wildman–Crippen MR) is 133 cm³/mol. The summed E-state index contributed by atoms with van der Waals surface area (Å²) in [5, 5.41) is 5.63. The molecule has 3 aromatic rings. The summed E-state index contributed by atoms with van der Waals surface area (Å²) in [6.45, 7) is 6.88. The Balaban J connectivity index is 1.85. The number of rotatable bonds is 7. The van der Waals surface area contributed by atoms with E-state index in [2.05, 4.69) is 21.9 Å². The summed E-state index contributed by atoms with van der Waals surface area (Å²) in [6, 6.07) is 7.06. The molecule has 1 aromatic carbocycles. The number of aromatic amines is 1. The van der Waals surface area contributed by atoms with Crippen LogP contribution in [0.2, 0.25) is 0 Å². The molecule has 3 heterocycles. The number of pyridine rings is 1. The van der Waals surface area contributed by atoms with Gasteiger partial charge in [0.1, 0.15) is 15.9 Å². The van der Waals surface area contributed by atoms with Crippen molar-refractivity contribution in [2.75, 3.05) is 39.8 Å². The molecule has 4 rings (SSSR count). The molecule has 10 heteroatoms. The second-order valence-corrected chi connectivity index (χ2v) is 10.7. The normalized spacial score (nSPS) is 15.9. The number of H-pyrrole nitrogens is 1. The van der Waals surface area contributed by atoms with E-state index < -0.39 is 10.0 Å². The molecule has 1 aliphatic rings. The summed E-state index contributed by atoms with van der Waals surface area (Å²) in [7, 11) is 0.273. The van der Waals surface area contributed by atoms with Crippen molar-refractivity contribution in [1.82, 2.24) is 24.0 Å². The third-order valence-corrected chi connectivity index (χ3v) is 8.23. The number of nitrogens with zero attached hydrogens (tertiary/aromatic N) is 4. The number of hydrogen-bond acceptors (Lipinski definition) is 6. The first-order valence-corrected chi connectivity index (χ1v) is 13.2. The molecule has 1 fully saturated rings. The molecule has 0 saturated carbocycles. The van der Waals surface area contributed by atoms with Gasteiger partial charge in [0.15, 0.2) is 0 Å². The Bertz CT molecular complexity index is 1320. The minimum atomic E-state index is -3.62. The highest BCUT2D eigenvalue weighted by atomic mass is 32.2. The van der Waals surface area contributed by atoms with Crippen molar-refractivity contribution in [3.05, 3.63) is 34.6 Å². The van der Waals surface area contributed by atoms with Gasteiger partial charge in [-0.25, -0.2) is 8.42 Å². The van der Waals surface area contributed by atoms with E-state index in [0.29, 0.717) is 48.7 Å². The molecule has 33 heavy (non-hydrogen) atoms. The highest BCUT2D eigenvalue weighted by Crippen LogP contribution is 2.35. The first-order chi connectivity index (χ1) is 15.8. The van der Waals surface area contributed by atoms with Gasteiger partial charge in [0.2, 0.25) is 10.0 Å². The number of ether oxygens (including phenoxy) is 1. The summed E-state index contributed by atoms with van der Waals surface area (Å²) >= 11 is 5.67. The molecule has 1 N–H and O–H groups in total. The zero-order chi connectivity index (χ0) is 23.8. The second kappa shape index (κ2) is 9.54. The first kappa shape index (κ1) is 23.9. The fraction of sp³-hybridized carbons (Fsp3) is 0.478. The fourth-order valence-corrected chi connectivity index (χ4v) is 6.09. The Morgan fingerprint density at radius 3 is 2.52 bits per heavy atom.